The molecule has 1 aromatic rings. The summed E-state index contributed by atoms with van der Waals surface area (Å²) in [5.74, 6) is -2.05. The van der Waals surface area contributed by atoms with E-state index in [1.54, 1.807) is 12.1 Å². The molecule has 0 bridgehead atoms. The lowest BCUT2D eigenvalue weighted by Gasteiger charge is -2.33. The van der Waals surface area contributed by atoms with E-state index in [2.05, 4.69) is 5.32 Å². The summed E-state index contributed by atoms with van der Waals surface area (Å²) in [6, 6.07) is 5.76. The topological polar surface area (TPSA) is 79.0 Å². The Bertz CT molecular complexity index is 606. The summed E-state index contributed by atoms with van der Waals surface area (Å²) in [7, 11) is 1.52. The van der Waals surface area contributed by atoms with E-state index in [-0.39, 0.29) is 31.4 Å². The monoisotopic (exact) mass is 337 g/mol. The molecule has 8 heteroatoms. The molecule has 1 aliphatic heterocycles. The zero-order valence-corrected chi connectivity index (χ0v) is 13.5. The Hall–Kier alpha value is -2.48. The Labute approximate surface area is 139 Å². The summed E-state index contributed by atoms with van der Waals surface area (Å²) in [6.07, 6.45) is 0. The SMILES string of the molecule is COCCNC(=O)CN1CCN(Cc2ccc(F)cc2)C(=O)C1=O. The Morgan fingerprint density at radius 3 is 2.46 bits per heavy atom. The van der Waals surface area contributed by atoms with Gasteiger partial charge in [0.15, 0.2) is 0 Å². The highest BCUT2D eigenvalue weighted by atomic mass is 19.1. The van der Waals surface area contributed by atoms with Crippen LogP contribution in [0.5, 0.6) is 0 Å². The zero-order chi connectivity index (χ0) is 17.5. The maximum atomic E-state index is 12.9. The van der Waals surface area contributed by atoms with Gasteiger partial charge >= 0.3 is 11.8 Å². The molecular weight excluding hydrogens is 317 g/mol. The standard InChI is InChI=1S/C16H20FN3O4/c1-24-9-6-18-14(21)11-20-8-7-19(15(22)16(20)23)10-12-2-4-13(17)5-3-12/h2-5H,6-11H2,1H3,(H,18,21). The van der Waals surface area contributed by atoms with Gasteiger partial charge in [0, 0.05) is 33.3 Å². The minimum Gasteiger partial charge on any atom is -0.383 e. The van der Waals surface area contributed by atoms with Crippen molar-refractivity contribution in [2.45, 2.75) is 6.54 Å². The van der Waals surface area contributed by atoms with E-state index in [1.165, 1.54) is 29.0 Å². The molecule has 1 heterocycles. The van der Waals surface area contributed by atoms with Gasteiger partial charge in [0.1, 0.15) is 12.4 Å². The molecule has 1 N–H and O–H groups in total. The molecule has 130 valence electrons. The van der Waals surface area contributed by atoms with Gasteiger partial charge in [0.05, 0.1) is 6.61 Å². The van der Waals surface area contributed by atoms with E-state index in [1.807, 2.05) is 0 Å². The molecule has 7 nitrogen and oxygen atoms in total. The minimum absolute atomic E-state index is 0.154. The molecule has 3 amide bonds. The van der Waals surface area contributed by atoms with Gasteiger partial charge < -0.3 is 19.9 Å². The van der Waals surface area contributed by atoms with Crippen molar-refractivity contribution in [2.24, 2.45) is 0 Å². The maximum absolute atomic E-state index is 12.9. The Morgan fingerprint density at radius 2 is 1.79 bits per heavy atom. The summed E-state index contributed by atoms with van der Waals surface area (Å²) < 4.78 is 17.7. The highest BCUT2D eigenvalue weighted by Gasteiger charge is 2.33. The summed E-state index contributed by atoms with van der Waals surface area (Å²) >= 11 is 0. The number of hydrogen-bond acceptors (Lipinski definition) is 4. The third-order valence-corrected chi connectivity index (χ3v) is 3.65. The van der Waals surface area contributed by atoms with Crippen molar-refractivity contribution >= 4 is 17.7 Å². The van der Waals surface area contributed by atoms with Gasteiger partial charge in [-0.05, 0) is 17.7 Å². The molecule has 1 aromatic carbocycles. The molecular formula is C16H20FN3O4. The number of nitrogens with zero attached hydrogens (tertiary/aromatic N) is 2. The van der Waals surface area contributed by atoms with Crippen LogP contribution in [0.15, 0.2) is 24.3 Å². The van der Waals surface area contributed by atoms with Crippen LogP contribution in [0.3, 0.4) is 0 Å². The lowest BCUT2D eigenvalue weighted by atomic mass is 10.2. The third kappa shape index (κ3) is 4.76. The van der Waals surface area contributed by atoms with Crippen molar-refractivity contribution < 1.29 is 23.5 Å². The van der Waals surface area contributed by atoms with Crippen molar-refractivity contribution in [3.8, 4) is 0 Å². The second-order valence-corrected chi connectivity index (χ2v) is 5.42. The second kappa shape index (κ2) is 8.39. The first-order chi connectivity index (χ1) is 11.5. The molecule has 0 atom stereocenters. The average molecular weight is 337 g/mol. The predicted octanol–water partition coefficient (Wildman–Crippen LogP) is -0.241. The Balaban J connectivity index is 1.87. The first kappa shape index (κ1) is 17.9. The highest BCUT2D eigenvalue weighted by molar-refractivity contribution is 6.35. The number of benzene rings is 1. The molecule has 24 heavy (non-hydrogen) atoms. The van der Waals surface area contributed by atoms with Gasteiger partial charge in [0.2, 0.25) is 5.91 Å². The van der Waals surface area contributed by atoms with E-state index in [9.17, 15) is 18.8 Å². The van der Waals surface area contributed by atoms with Gasteiger partial charge in [-0.3, -0.25) is 14.4 Å². The average Bonchev–Trinajstić information content (AvgIpc) is 2.57. The molecule has 0 unspecified atom stereocenters. The number of carbonyl (C=O) groups excluding carboxylic acids is 3. The lowest BCUT2D eigenvalue weighted by molar-refractivity contribution is -0.157. The molecule has 0 saturated carbocycles. The zero-order valence-electron chi connectivity index (χ0n) is 13.5. The molecule has 0 radical (unpaired) electrons. The van der Waals surface area contributed by atoms with E-state index >= 15 is 0 Å². The number of halogens is 1. The summed E-state index contributed by atoms with van der Waals surface area (Å²) in [4.78, 5) is 38.6. The van der Waals surface area contributed by atoms with Gasteiger partial charge in [-0.1, -0.05) is 12.1 Å². The number of methoxy groups -OCH3 is 1. The van der Waals surface area contributed by atoms with Crippen LogP contribution in [0.1, 0.15) is 5.56 Å². The fourth-order valence-electron chi connectivity index (χ4n) is 2.35. The predicted molar refractivity (Wildman–Crippen MR) is 83.3 cm³/mol. The van der Waals surface area contributed by atoms with Gasteiger partial charge in [-0.2, -0.15) is 0 Å². The van der Waals surface area contributed by atoms with Gasteiger partial charge in [-0.25, -0.2) is 4.39 Å². The van der Waals surface area contributed by atoms with Crippen molar-refractivity contribution in [1.29, 1.82) is 0 Å². The molecule has 0 spiro atoms. The lowest BCUT2D eigenvalue weighted by Crippen LogP contribution is -2.56. The van der Waals surface area contributed by atoms with Crippen molar-refractivity contribution in [2.75, 3.05) is 39.9 Å². The van der Waals surface area contributed by atoms with E-state index < -0.39 is 11.8 Å². The number of piperazine rings is 1. The van der Waals surface area contributed by atoms with Crippen LogP contribution >= 0.6 is 0 Å². The molecule has 0 aliphatic carbocycles. The molecule has 0 aromatic heterocycles. The molecule has 1 saturated heterocycles. The molecule has 1 fully saturated rings. The third-order valence-electron chi connectivity index (χ3n) is 3.65. The second-order valence-electron chi connectivity index (χ2n) is 5.42. The number of hydrogen-bond donors (Lipinski definition) is 1. The number of ether oxygens (including phenoxy) is 1. The summed E-state index contributed by atoms with van der Waals surface area (Å²) in [5, 5.41) is 2.60. The smallest absolute Gasteiger partial charge is 0.312 e. The van der Waals surface area contributed by atoms with Gasteiger partial charge in [-0.15, -0.1) is 0 Å². The van der Waals surface area contributed by atoms with Crippen molar-refractivity contribution in [1.82, 2.24) is 15.1 Å². The van der Waals surface area contributed by atoms with Crippen molar-refractivity contribution in [3.63, 3.8) is 0 Å². The van der Waals surface area contributed by atoms with E-state index in [0.717, 1.165) is 5.56 Å². The first-order valence-corrected chi connectivity index (χ1v) is 7.59. The van der Waals surface area contributed by atoms with E-state index in [4.69, 9.17) is 4.74 Å². The fourth-order valence-corrected chi connectivity index (χ4v) is 2.35. The largest absolute Gasteiger partial charge is 0.383 e. The van der Waals surface area contributed by atoms with Crippen LogP contribution < -0.4 is 5.32 Å². The summed E-state index contributed by atoms with van der Waals surface area (Å²) in [5.41, 5.74) is 0.739. The van der Waals surface area contributed by atoms with Crippen LogP contribution in [-0.2, 0) is 25.7 Å². The van der Waals surface area contributed by atoms with Gasteiger partial charge in [0.25, 0.3) is 0 Å². The number of amides is 3. The Morgan fingerprint density at radius 1 is 1.17 bits per heavy atom. The molecule has 1 aliphatic rings. The van der Waals surface area contributed by atoms with Crippen LogP contribution in [0.4, 0.5) is 4.39 Å². The highest BCUT2D eigenvalue weighted by Crippen LogP contribution is 2.11. The van der Waals surface area contributed by atoms with Crippen LogP contribution in [-0.4, -0.2) is 67.4 Å². The molecule has 2 rings (SSSR count). The van der Waals surface area contributed by atoms with E-state index in [0.29, 0.717) is 19.7 Å². The number of nitrogens with one attached hydrogen (secondary N) is 1. The van der Waals surface area contributed by atoms with Crippen LogP contribution in [0.25, 0.3) is 0 Å². The summed E-state index contributed by atoms with van der Waals surface area (Å²) in [6.45, 7) is 1.42. The van der Waals surface area contributed by atoms with Crippen LogP contribution in [0.2, 0.25) is 0 Å². The van der Waals surface area contributed by atoms with Crippen molar-refractivity contribution in [3.05, 3.63) is 35.6 Å². The fraction of sp³-hybridized carbons (Fsp3) is 0.438. The minimum atomic E-state index is -0.703. The maximum Gasteiger partial charge on any atom is 0.312 e. The quantitative estimate of drug-likeness (QED) is 0.550. The first-order valence-electron chi connectivity index (χ1n) is 7.59. The Kier molecular flexibility index (Phi) is 6.25. The normalized spacial score (nSPS) is 14.9. The van der Waals surface area contributed by atoms with Crippen LogP contribution in [0, 0.1) is 5.82 Å². The number of carbonyl (C=O) groups is 3. The number of rotatable bonds is 7.